The first-order valence-corrected chi connectivity index (χ1v) is 9.07. The van der Waals surface area contributed by atoms with Gasteiger partial charge in [-0.05, 0) is 49.5 Å². The van der Waals surface area contributed by atoms with Crippen LogP contribution in [-0.4, -0.2) is 26.0 Å². The molecule has 0 spiro atoms. The molecule has 0 saturated carbocycles. The molecular weight excluding hydrogens is 299 g/mol. The van der Waals surface area contributed by atoms with Gasteiger partial charge in [-0.1, -0.05) is 6.92 Å². The molecule has 0 amide bonds. The van der Waals surface area contributed by atoms with Crippen LogP contribution in [-0.2, 0) is 10.0 Å². The lowest BCUT2D eigenvalue weighted by atomic mass is 10.2. The summed E-state index contributed by atoms with van der Waals surface area (Å²) in [4.78, 5) is -0.393. The van der Waals surface area contributed by atoms with Crippen LogP contribution in [0.15, 0.2) is 17.0 Å². The Labute approximate surface area is 124 Å². The van der Waals surface area contributed by atoms with Gasteiger partial charge in [-0.15, -0.1) is 0 Å². The first-order chi connectivity index (χ1) is 9.27. The topological polar surface area (TPSA) is 72.2 Å². The summed E-state index contributed by atoms with van der Waals surface area (Å²) in [5.41, 5.74) is 6.44. The van der Waals surface area contributed by atoms with E-state index in [-0.39, 0.29) is 11.7 Å². The summed E-state index contributed by atoms with van der Waals surface area (Å²) in [6, 6.07) is 2.06. The maximum absolute atomic E-state index is 13.8. The van der Waals surface area contributed by atoms with E-state index in [9.17, 15) is 12.8 Å². The van der Waals surface area contributed by atoms with Crippen molar-refractivity contribution < 1.29 is 12.8 Å². The maximum atomic E-state index is 13.8. The highest BCUT2D eigenvalue weighted by molar-refractivity contribution is 7.99. The van der Waals surface area contributed by atoms with Gasteiger partial charge < -0.3 is 5.73 Å². The fraction of sp³-hybridized carbons (Fsp3) is 0.538. The largest absolute Gasteiger partial charge is 0.398 e. The normalized spacial score (nSPS) is 13.4. The second-order valence-corrected chi connectivity index (χ2v) is 7.72. The molecule has 0 aliphatic rings. The number of sulfonamides is 1. The van der Waals surface area contributed by atoms with Crippen LogP contribution in [0.4, 0.5) is 10.1 Å². The average molecular weight is 320 g/mol. The summed E-state index contributed by atoms with van der Waals surface area (Å²) < 4.78 is 40.6. The number of nitrogens with two attached hydrogens (primary N) is 1. The highest BCUT2D eigenvalue weighted by Crippen LogP contribution is 2.21. The predicted octanol–water partition coefficient (Wildman–Crippen LogP) is 2.53. The number of aryl methyl sites for hydroxylation is 1. The predicted molar refractivity (Wildman–Crippen MR) is 82.9 cm³/mol. The summed E-state index contributed by atoms with van der Waals surface area (Å²) in [5, 5.41) is 0. The van der Waals surface area contributed by atoms with E-state index in [4.69, 9.17) is 5.73 Å². The van der Waals surface area contributed by atoms with Gasteiger partial charge in [-0.25, -0.2) is 17.5 Å². The van der Waals surface area contributed by atoms with Crippen molar-refractivity contribution in [3.05, 3.63) is 23.5 Å². The van der Waals surface area contributed by atoms with E-state index in [0.29, 0.717) is 12.0 Å². The Balaban J connectivity index is 2.86. The highest BCUT2D eigenvalue weighted by atomic mass is 32.2. The molecule has 0 aliphatic carbocycles. The number of nitrogens with one attached hydrogen (secondary N) is 1. The molecule has 0 fully saturated rings. The first-order valence-electron chi connectivity index (χ1n) is 6.43. The summed E-state index contributed by atoms with van der Waals surface area (Å²) in [5.74, 6) is 1.07. The van der Waals surface area contributed by atoms with Crippen molar-refractivity contribution in [2.45, 2.75) is 38.1 Å². The monoisotopic (exact) mass is 320 g/mol. The minimum atomic E-state index is -3.88. The second-order valence-electron chi connectivity index (χ2n) is 4.65. The molecule has 0 saturated heterocycles. The number of nitrogen functional groups attached to an aromatic ring is 1. The Kier molecular flexibility index (Phi) is 6.29. The molecule has 0 aromatic heterocycles. The molecular formula is C13H21FN2O2S2. The summed E-state index contributed by atoms with van der Waals surface area (Å²) in [7, 11) is -3.88. The lowest BCUT2D eigenvalue weighted by Crippen LogP contribution is -2.33. The third-order valence-corrected chi connectivity index (χ3v) is 5.40. The van der Waals surface area contributed by atoms with Gasteiger partial charge in [0, 0.05) is 11.7 Å². The van der Waals surface area contributed by atoms with E-state index in [1.807, 2.05) is 6.92 Å². The van der Waals surface area contributed by atoms with E-state index >= 15 is 0 Å². The molecule has 4 nitrogen and oxygen atoms in total. The standard InChI is InChI=1S/C13H21FN2O2S2/c1-4-19-6-5-10(3)16-20(17,18)13-8-12(15)9(2)7-11(13)14/h7-8,10,16H,4-6,15H2,1-3H3. The first kappa shape index (κ1) is 17.3. The Bertz CT molecular complexity index is 562. The fourth-order valence-electron chi connectivity index (χ4n) is 1.67. The molecule has 0 bridgehead atoms. The number of benzene rings is 1. The van der Waals surface area contributed by atoms with Crippen molar-refractivity contribution in [1.29, 1.82) is 0 Å². The van der Waals surface area contributed by atoms with Crippen molar-refractivity contribution in [2.24, 2.45) is 0 Å². The van der Waals surface area contributed by atoms with Crippen molar-refractivity contribution in [2.75, 3.05) is 17.2 Å². The van der Waals surface area contributed by atoms with E-state index in [1.54, 1.807) is 25.6 Å². The number of hydrogen-bond donors (Lipinski definition) is 2. The molecule has 1 unspecified atom stereocenters. The van der Waals surface area contributed by atoms with Gasteiger partial charge in [0.1, 0.15) is 10.7 Å². The Morgan fingerprint density at radius 2 is 2.10 bits per heavy atom. The van der Waals surface area contributed by atoms with Crippen molar-refractivity contribution in [3.63, 3.8) is 0 Å². The molecule has 7 heteroatoms. The minimum absolute atomic E-state index is 0.249. The van der Waals surface area contributed by atoms with Crippen molar-refractivity contribution >= 4 is 27.5 Å². The maximum Gasteiger partial charge on any atom is 0.243 e. The summed E-state index contributed by atoms with van der Waals surface area (Å²) >= 11 is 1.74. The van der Waals surface area contributed by atoms with Crippen LogP contribution < -0.4 is 10.5 Å². The smallest absolute Gasteiger partial charge is 0.243 e. The van der Waals surface area contributed by atoms with Crippen molar-refractivity contribution in [1.82, 2.24) is 4.72 Å². The highest BCUT2D eigenvalue weighted by Gasteiger charge is 2.22. The van der Waals surface area contributed by atoms with Crippen LogP contribution in [0, 0.1) is 12.7 Å². The van der Waals surface area contributed by atoms with E-state index < -0.39 is 20.7 Å². The van der Waals surface area contributed by atoms with Crippen molar-refractivity contribution in [3.8, 4) is 0 Å². The number of halogens is 1. The number of thioether (sulfide) groups is 1. The fourth-order valence-corrected chi connectivity index (χ4v) is 3.85. The molecule has 1 aromatic carbocycles. The molecule has 20 heavy (non-hydrogen) atoms. The molecule has 114 valence electrons. The third kappa shape index (κ3) is 4.64. The van der Waals surface area contributed by atoms with E-state index in [1.165, 1.54) is 6.07 Å². The number of hydrogen-bond acceptors (Lipinski definition) is 4. The van der Waals surface area contributed by atoms with Gasteiger partial charge in [0.05, 0.1) is 0 Å². The SMILES string of the molecule is CCSCCC(C)NS(=O)(=O)c1cc(N)c(C)cc1F. The van der Waals surface area contributed by atoms with Crippen LogP contribution in [0.3, 0.4) is 0 Å². The number of anilines is 1. The van der Waals surface area contributed by atoms with Gasteiger partial charge in [0.2, 0.25) is 10.0 Å². The summed E-state index contributed by atoms with van der Waals surface area (Å²) in [6.07, 6.45) is 0.695. The molecule has 0 aliphatic heterocycles. The lowest BCUT2D eigenvalue weighted by Gasteiger charge is -2.15. The quantitative estimate of drug-likeness (QED) is 0.598. The molecule has 0 radical (unpaired) electrons. The van der Waals surface area contributed by atoms with E-state index in [0.717, 1.165) is 17.6 Å². The molecule has 1 atom stereocenters. The van der Waals surface area contributed by atoms with Crippen LogP contribution in [0.25, 0.3) is 0 Å². The summed E-state index contributed by atoms with van der Waals surface area (Å²) in [6.45, 7) is 5.44. The van der Waals surface area contributed by atoms with Crippen LogP contribution >= 0.6 is 11.8 Å². The van der Waals surface area contributed by atoms with Gasteiger partial charge in [0.15, 0.2) is 0 Å². The van der Waals surface area contributed by atoms with Gasteiger partial charge >= 0.3 is 0 Å². The Hall–Kier alpha value is -0.790. The molecule has 1 aromatic rings. The van der Waals surface area contributed by atoms with Crippen LogP contribution in [0.5, 0.6) is 0 Å². The van der Waals surface area contributed by atoms with Crippen LogP contribution in [0.1, 0.15) is 25.8 Å². The van der Waals surface area contributed by atoms with Gasteiger partial charge in [0.25, 0.3) is 0 Å². The second kappa shape index (κ2) is 7.28. The molecule has 1 rings (SSSR count). The Morgan fingerprint density at radius 3 is 2.70 bits per heavy atom. The van der Waals surface area contributed by atoms with E-state index in [2.05, 4.69) is 4.72 Å². The zero-order valence-corrected chi connectivity index (χ0v) is 13.6. The van der Waals surface area contributed by atoms with Gasteiger partial charge in [-0.2, -0.15) is 11.8 Å². The Morgan fingerprint density at radius 1 is 1.45 bits per heavy atom. The third-order valence-electron chi connectivity index (χ3n) is 2.87. The molecule has 3 N–H and O–H groups in total. The zero-order valence-electron chi connectivity index (χ0n) is 11.9. The zero-order chi connectivity index (χ0) is 15.3. The lowest BCUT2D eigenvalue weighted by molar-refractivity contribution is 0.540. The average Bonchev–Trinajstić information content (AvgIpc) is 2.33. The minimum Gasteiger partial charge on any atom is -0.398 e. The van der Waals surface area contributed by atoms with Crippen LogP contribution in [0.2, 0.25) is 0 Å². The number of rotatable bonds is 7. The molecule has 0 heterocycles. The van der Waals surface area contributed by atoms with Gasteiger partial charge in [-0.3, -0.25) is 0 Å².